The van der Waals surface area contributed by atoms with E-state index in [1.165, 1.54) is 6.07 Å². The minimum Gasteiger partial charge on any atom is -0.366 e. The van der Waals surface area contributed by atoms with Crippen molar-refractivity contribution in [2.75, 3.05) is 12.4 Å². The molecule has 0 aliphatic carbocycles. The molecule has 1 saturated heterocycles. The number of hydrogen-bond donors (Lipinski definition) is 2. The number of likely N-dealkylation sites (N-methyl/N-ethyl adjacent to an activating group) is 1. The van der Waals surface area contributed by atoms with Crippen molar-refractivity contribution in [1.82, 2.24) is 15.1 Å². The van der Waals surface area contributed by atoms with E-state index in [2.05, 4.69) is 10.6 Å². The fourth-order valence-corrected chi connectivity index (χ4v) is 4.09. The smallest absolute Gasteiger partial charge is 0.325 e. The van der Waals surface area contributed by atoms with Crippen LogP contribution in [0.15, 0.2) is 60.3 Å². The Morgan fingerprint density at radius 1 is 1.13 bits per heavy atom. The Bertz CT molecular complexity index is 1060. The quantitative estimate of drug-likeness (QED) is 0.757. The molecule has 0 aromatic heterocycles. The highest BCUT2D eigenvalue weighted by Gasteiger charge is 2.49. The van der Waals surface area contributed by atoms with E-state index in [1.54, 1.807) is 30.3 Å². The molecule has 9 heteroatoms. The largest absolute Gasteiger partial charge is 0.366 e. The zero-order valence-corrected chi connectivity index (χ0v) is 17.4. The molecule has 2 N–H and O–H groups in total. The fraction of sp³-hybridized carbons (Fsp3) is 0.190. The number of urea groups is 1. The summed E-state index contributed by atoms with van der Waals surface area (Å²) < 4.78 is 0. The molecule has 0 radical (unpaired) electrons. The molecular formula is C21H18Cl2N4O3. The first-order valence-electron chi connectivity index (χ1n) is 9.21. The standard InChI is InChI=1S/C21H18Cl2N4O3/c1-26-11-14(19(28)24-16-8-7-13(22)9-15(16)23)17-18(26)20(29)27(21(30)25-17)10-12-5-3-2-4-6-12/h2-9,11,17-18H,10H2,1H3,(H,24,28)(H,25,30). The third kappa shape index (κ3) is 3.74. The van der Waals surface area contributed by atoms with Crippen molar-refractivity contribution >= 4 is 46.7 Å². The molecule has 1 fully saturated rings. The van der Waals surface area contributed by atoms with Gasteiger partial charge in [0.15, 0.2) is 0 Å². The number of hydrogen-bond acceptors (Lipinski definition) is 4. The molecule has 2 unspecified atom stereocenters. The van der Waals surface area contributed by atoms with Gasteiger partial charge in [-0.1, -0.05) is 53.5 Å². The third-order valence-corrected chi connectivity index (χ3v) is 5.65. The van der Waals surface area contributed by atoms with Crippen molar-refractivity contribution in [2.45, 2.75) is 18.6 Å². The average molecular weight is 445 g/mol. The lowest BCUT2D eigenvalue weighted by Gasteiger charge is -2.37. The van der Waals surface area contributed by atoms with Gasteiger partial charge >= 0.3 is 6.03 Å². The van der Waals surface area contributed by atoms with Gasteiger partial charge in [0.2, 0.25) is 0 Å². The van der Waals surface area contributed by atoms with E-state index in [4.69, 9.17) is 23.2 Å². The molecule has 2 heterocycles. The summed E-state index contributed by atoms with van der Waals surface area (Å²) in [5, 5.41) is 6.24. The molecule has 30 heavy (non-hydrogen) atoms. The van der Waals surface area contributed by atoms with Gasteiger partial charge in [-0.15, -0.1) is 0 Å². The monoisotopic (exact) mass is 444 g/mol. The van der Waals surface area contributed by atoms with Gasteiger partial charge in [0, 0.05) is 18.3 Å². The summed E-state index contributed by atoms with van der Waals surface area (Å²) in [7, 11) is 1.70. The first-order chi connectivity index (χ1) is 14.3. The van der Waals surface area contributed by atoms with Crippen LogP contribution < -0.4 is 10.6 Å². The van der Waals surface area contributed by atoms with E-state index >= 15 is 0 Å². The SMILES string of the molecule is CN1C=C(C(=O)Nc2ccc(Cl)cc2Cl)C2NC(=O)N(Cc3ccccc3)C(=O)C21. The van der Waals surface area contributed by atoms with Crippen LogP contribution in [0.25, 0.3) is 0 Å². The summed E-state index contributed by atoms with van der Waals surface area (Å²) in [6.45, 7) is 0.157. The number of rotatable bonds is 4. The number of halogens is 2. The van der Waals surface area contributed by atoms with Gasteiger partial charge in [-0.3, -0.25) is 14.5 Å². The first kappa shape index (κ1) is 20.3. The van der Waals surface area contributed by atoms with Gasteiger partial charge < -0.3 is 15.5 Å². The van der Waals surface area contributed by atoms with Crippen molar-refractivity contribution < 1.29 is 14.4 Å². The molecule has 4 rings (SSSR count). The Labute approximate surface area is 183 Å². The van der Waals surface area contributed by atoms with Gasteiger partial charge in [0.05, 0.1) is 28.9 Å². The van der Waals surface area contributed by atoms with Crippen LogP contribution >= 0.6 is 23.2 Å². The summed E-state index contributed by atoms with van der Waals surface area (Å²) in [4.78, 5) is 41.4. The lowest BCUT2D eigenvalue weighted by atomic mass is 9.99. The number of fused-ring (bicyclic) bond motifs is 1. The van der Waals surface area contributed by atoms with E-state index in [0.29, 0.717) is 10.7 Å². The number of nitrogens with one attached hydrogen (secondary N) is 2. The number of carbonyl (C=O) groups excluding carboxylic acids is 3. The lowest BCUT2D eigenvalue weighted by Crippen LogP contribution is -2.64. The van der Waals surface area contributed by atoms with Crippen LogP contribution in [0, 0.1) is 0 Å². The third-order valence-electron chi connectivity index (χ3n) is 5.10. The van der Waals surface area contributed by atoms with Crippen molar-refractivity contribution in [3.8, 4) is 0 Å². The van der Waals surface area contributed by atoms with Crippen LogP contribution in [-0.2, 0) is 16.1 Å². The molecule has 0 saturated carbocycles. The van der Waals surface area contributed by atoms with Gasteiger partial charge in [-0.05, 0) is 23.8 Å². The second-order valence-corrected chi connectivity index (χ2v) is 7.95. The van der Waals surface area contributed by atoms with E-state index in [0.717, 1.165) is 10.5 Å². The molecule has 154 valence electrons. The second-order valence-electron chi connectivity index (χ2n) is 7.11. The molecule has 2 aromatic carbocycles. The lowest BCUT2D eigenvalue weighted by molar-refractivity contribution is -0.134. The maximum absolute atomic E-state index is 13.1. The van der Waals surface area contributed by atoms with Crippen LogP contribution in [0.2, 0.25) is 10.0 Å². The number of benzene rings is 2. The van der Waals surface area contributed by atoms with Crippen LogP contribution in [0.3, 0.4) is 0 Å². The molecule has 4 amide bonds. The summed E-state index contributed by atoms with van der Waals surface area (Å²) >= 11 is 12.0. The molecule has 2 atom stereocenters. The molecule has 0 bridgehead atoms. The van der Waals surface area contributed by atoms with Gasteiger partial charge in [0.1, 0.15) is 6.04 Å². The highest BCUT2D eigenvalue weighted by molar-refractivity contribution is 6.36. The Hall–Kier alpha value is -3.03. The Morgan fingerprint density at radius 3 is 2.57 bits per heavy atom. The normalized spacial score (nSPS) is 20.6. The van der Waals surface area contributed by atoms with E-state index in [9.17, 15) is 14.4 Å². The van der Waals surface area contributed by atoms with E-state index < -0.39 is 24.0 Å². The topological polar surface area (TPSA) is 81.8 Å². The molecule has 0 spiro atoms. The fourth-order valence-electron chi connectivity index (χ4n) is 3.63. The second kappa shape index (κ2) is 8.01. The minimum absolute atomic E-state index is 0.157. The number of anilines is 1. The molecule has 2 aromatic rings. The predicted molar refractivity (Wildman–Crippen MR) is 114 cm³/mol. The minimum atomic E-state index is -0.756. The number of nitrogens with zero attached hydrogens (tertiary/aromatic N) is 2. The zero-order valence-electron chi connectivity index (χ0n) is 15.9. The van der Waals surface area contributed by atoms with Crippen LogP contribution in [0.5, 0.6) is 0 Å². The average Bonchev–Trinajstić information content (AvgIpc) is 3.04. The maximum atomic E-state index is 13.1. The Morgan fingerprint density at radius 2 is 1.87 bits per heavy atom. The first-order valence-corrected chi connectivity index (χ1v) is 9.96. The van der Waals surface area contributed by atoms with Crippen molar-refractivity contribution in [3.05, 3.63) is 75.9 Å². The van der Waals surface area contributed by atoms with Crippen LogP contribution in [0.1, 0.15) is 5.56 Å². The van der Waals surface area contributed by atoms with Gasteiger partial charge in [-0.25, -0.2) is 4.79 Å². The maximum Gasteiger partial charge on any atom is 0.325 e. The molecule has 2 aliphatic rings. The van der Waals surface area contributed by atoms with Crippen molar-refractivity contribution in [1.29, 1.82) is 0 Å². The highest BCUT2D eigenvalue weighted by Crippen LogP contribution is 2.30. The van der Waals surface area contributed by atoms with Crippen molar-refractivity contribution in [3.63, 3.8) is 0 Å². The molecule has 2 aliphatic heterocycles. The highest BCUT2D eigenvalue weighted by atomic mass is 35.5. The zero-order chi connectivity index (χ0) is 21.4. The summed E-state index contributed by atoms with van der Waals surface area (Å²) in [6.07, 6.45) is 1.57. The number of imide groups is 1. The van der Waals surface area contributed by atoms with Crippen LogP contribution in [0.4, 0.5) is 10.5 Å². The van der Waals surface area contributed by atoms with E-state index in [-0.39, 0.29) is 23.0 Å². The predicted octanol–water partition coefficient (Wildman–Crippen LogP) is 3.25. The van der Waals surface area contributed by atoms with Gasteiger partial charge in [-0.2, -0.15) is 0 Å². The Balaban J connectivity index is 1.53. The molecule has 7 nitrogen and oxygen atoms in total. The number of carbonyl (C=O) groups is 3. The Kier molecular flexibility index (Phi) is 5.40. The summed E-state index contributed by atoms with van der Waals surface area (Å²) in [5.74, 6) is -0.818. The van der Waals surface area contributed by atoms with Gasteiger partial charge in [0.25, 0.3) is 11.8 Å². The summed E-state index contributed by atoms with van der Waals surface area (Å²) in [5.41, 5.74) is 1.50. The molecular weight excluding hydrogens is 427 g/mol. The van der Waals surface area contributed by atoms with Crippen LogP contribution in [-0.4, -0.2) is 46.8 Å². The van der Waals surface area contributed by atoms with Crippen molar-refractivity contribution in [2.24, 2.45) is 0 Å². The summed E-state index contributed by atoms with van der Waals surface area (Å²) in [6, 6.07) is 12.0. The number of amides is 4. The van der Waals surface area contributed by atoms with E-state index in [1.807, 2.05) is 30.3 Å².